The maximum absolute atomic E-state index is 11.1. The SMILES string of the molecule is CC(=O)S[C@@H]1CS(=O)(=O)C[C@H]1I. The van der Waals surface area contributed by atoms with Crippen molar-refractivity contribution in [2.75, 3.05) is 11.5 Å². The largest absolute Gasteiger partial charge is 0.288 e. The van der Waals surface area contributed by atoms with E-state index in [-0.39, 0.29) is 25.8 Å². The van der Waals surface area contributed by atoms with Crippen LogP contribution in [-0.4, -0.2) is 34.2 Å². The Kier molecular flexibility index (Phi) is 3.44. The summed E-state index contributed by atoms with van der Waals surface area (Å²) < 4.78 is 22.3. The third-order valence-electron chi connectivity index (χ3n) is 1.55. The van der Waals surface area contributed by atoms with Crippen LogP contribution >= 0.6 is 34.4 Å². The maximum atomic E-state index is 11.1. The Morgan fingerprint density at radius 1 is 1.50 bits per heavy atom. The van der Waals surface area contributed by atoms with Crippen molar-refractivity contribution in [1.82, 2.24) is 0 Å². The van der Waals surface area contributed by atoms with Gasteiger partial charge in [0, 0.05) is 16.1 Å². The molecule has 1 heterocycles. The van der Waals surface area contributed by atoms with Gasteiger partial charge < -0.3 is 0 Å². The van der Waals surface area contributed by atoms with Gasteiger partial charge >= 0.3 is 0 Å². The third kappa shape index (κ3) is 2.88. The Balaban J connectivity index is 2.64. The molecule has 1 fully saturated rings. The molecular formula is C6H9IO3S2. The number of alkyl halides is 1. The average molecular weight is 320 g/mol. The van der Waals surface area contributed by atoms with Crippen LogP contribution in [0.3, 0.4) is 0 Å². The van der Waals surface area contributed by atoms with Crippen molar-refractivity contribution < 1.29 is 13.2 Å². The van der Waals surface area contributed by atoms with Gasteiger partial charge in [-0.15, -0.1) is 0 Å². The minimum Gasteiger partial charge on any atom is -0.288 e. The molecule has 1 aliphatic rings. The fourth-order valence-corrected chi connectivity index (χ4v) is 7.05. The lowest BCUT2D eigenvalue weighted by Gasteiger charge is -2.07. The molecule has 1 saturated heterocycles. The second-order valence-electron chi connectivity index (χ2n) is 2.74. The zero-order valence-corrected chi connectivity index (χ0v) is 10.3. The Morgan fingerprint density at radius 2 is 2.08 bits per heavy atom. The highest BCUT2D eigenvalue weighted by Gasteiger charge is 2.36. The average Bonchev–Trinajstić information content (AvgIpc) is 2.03. The number of hydrogen-bond donors (Lipinski definition) is 0. The zero-order chi connectivity index (χ0) is 9.35. The second-order valence-corrected chi connectivity index (χ2v) is 7.91. The molecule has 0 N–H and O–H groups in total. The van der Waals surface area contributed by atoms with Crippen molar-refractivity contribution in [2.45, 2.75) is 16.1 Å². The molecule has 0 aromatic rings. The minimum absolute atomic E-state index is 0.00114. The van der Waals surface area contributed by atoms with Crippen molar-refractivity contribution >= 4 is 49.3 Å². The smallest absolute Gasteiger partial charge is 0.186 e. The van der Waals surface area contributed by atoms with Crippen molar-refractivity contribution in [1.29, 1.82) is 0 Å². The van der Waals surface area contributed by atoms with E-state index < -0.39 is 9.84 Å². The molecule has 0 aliphatic carbocycles. The molecule has 0 bridgehead atoms. The van der Waals surface area contributed by atoms with Gasteiger partial charge in [0.05, 0.1) is 11.5 Å². The minimum atomic E-state index is -2.87. The summed E-state index contributed by atoms with van der Waals surface area (Å²) in [6, 6.07) is 0. The summed E-state index contributed by atoms with van der Waals surface area (Å²) in [5, 5.41) is -0.0353. The van der Waals surface area contributed by atoms with Crippen LogP contribution < -0.4 is 0 Å². The second kappa shape index (κ2) is 3.83. The third-order valence-corrected chi connectivity index (χ3v) is 7.02. The van der Waals surface area contributed by atoms with Crippen LogP contribution in [0, 0.1) is 0 Å². The molecule has 0 spiro atoms. The lowest BCUT2D eigenvalue weighted by Crippen LogP contribution is -2.15. The lowest BCUT2D eigenvalue weighted by atomic mass is 10.4. The van der Waals surface area contributed by atoms with Gasteiger partial charge in [-0.3, -0.25) is 4.79 Å². The predicted molar refractivity (Wildman–Crippen MR) is 58.5 cm³/mol. The number of carbonyl (C=O) groups excluding carboxylic acids is 1. The summed E-state index contributed by atoms with van der Waals surface area (Å²) in [6.45, 7) is 1.47. The monoisotopic (exact) mass is 320 g/mol. The molecule has 0 aromatic carbocycles. The fraction of sp³-hybridized carbons (Fsp3) is 0.833. The molecule has 0 radical (unpaired) electrons. The Hall–Kier alpha value is 0.700. The van der Waals surface area contributed by atoms with E-state index in [4.69, 9.17) is 0 Å². The van der Waals surface area contributed by atoms with Crippen LogP contribution in [0.1, 0.15) is 6.92 Å². The highest BCUT2D eigenvalue weighted by Crippen LogP contribution is 2.30. The standard InChI is InChI=1S/C6H9IO3S2/c1-4(8)11-6-3-12(9,10)2-5(6)7/h5-6H,2-3H2,1H3/t5-,6-/m1/s1. The van der Waals surface area contributed by atoms with Gasteiger partial charge in [0.2, 0.25) is 0 Å². The van der Waals surface area contributed by atoms with Crippen molar-refractivity contribution in [3.05, 3.63) is 0 Å². The number of rotatable bonds is 1. The van der Waals surface area contributed by atoms with E-state index in [0.29, 0.717) is 0 Å². The van der Waals surface area contributed by atoms with Crippen LogP contribution in [0.2, 0.25) is 0 Å². The normalized spacial score (nSPS) is 33.5. The molecule has 0 aromatic heterocycles. The molecule has 2 atom stereocenters. The van der Waals surface area contributed by atoms with E-state index >= 15 is 0 Å². The van der Waals surface area contributed by atoms with E-state index in [9.17, 15) is 13.2 Å². The molecule has 0 amide bonds. The summed E-state index contributed by atoms with van der Waals surface area (Å²) in [4.78, 5) is 10.7. The first kappa shape index (κ1) is 10.8. The van der Waals surface area contributed by atoms with E-state index in [1.165, 1.54) is 6.92 Å². The molecule has 1 aliphatic heterocycles. The summed E-state index contributed by atoms with van der Waals surface area (Å²) in [6.07, 6.45) is 0. The first-order chi connectivity index (χ1) is 5.41. The molecule has 70 valence electrons. The van der Waals surface area contributed by atoms with E-state index in [2.05, 4.69) is 22.6 Å². The first-order valence-electron chi connectivity index (χ1n) is 3.42. The number of halogens is 1. The summed E-state index contributed by atoms with van der Waals surface area (Å²) in [7, 11) is -2.87. The van der Waals surface area contributed by atoms with Crippen LogP contribution in [-0.2, 0) is 14.6 Å². The van der Waals surface area contributed by atoms with Crippen LogP contribution in [0.15, 0.2) is 0 Å². The van der Waals surface area contributed by atoms with E-state index in [1.807, 2.05) is 0 Å². The molecule has 0 saturated carbocycles. The van der Waals surface area contributed by atoms with Gasteiger partial charge in [0.1, 0.15) is 0 Å². The van der Waals surface area contributed by atoms with Gasteiger partial charge in [-0.25, -0.2) is 8.42 Å². The number of carbonyl (C=O) groups is 1. The van der Waals surface area contributed by atoms with Gasteiger partial charge in [-0.2, -0.15) is 0 Å². The van der Waals surface area contributed by atoms with Crippen LogP contribution in [0.4, 0.5) is 0 Å². The van der Waals surface area contributed by atoms with Crippen LogP contribution in [0.5, 0.6) is 0 Å². The van der Waals surface area contributed by atoms with Gasteiger partial charge in [0.25, 0.3) is 0 Å². The maximum Gasteiger partial charge on any atom is 0.186 e. The van der Waals surface area contributed by atoms with Crippen molar-refractivity contribution in [3.63, 3.8) is 0 Å². The first-order valence-corrected chi connectivity index (χ1v) is 7.37. The van der Waals surface area contributed by atoms with Crippen LogP contribution in [0.25, 0.3) is 0 Å². The number of hydrogen-bond acceptors (Lipinski definition) is 4. The lowest BCUT2D eigenvalue weighted by molar-refractivity contribution is -0.109. The molecule has 12 heavy (non-hydrogen) atoms. The zero-order valence-electron chi connectivity index (χ0n) is 6.49. The molecule has 0 unspecified atom stereocenters. The molecule has 1 rings (SSSR count). The quantitative estimate of drug-likeness (QED) is 0.531. The molecular weight excluding hydrogens is 311 g/mol. The fourth-order valence-electron chi connectivity index (χ4n) is 1.09. The Bertz CT molecular complexity index is 285. The molecule has 3 nitrogen and oxygen atoms in total. The topological polar surface area (TPSA) is 51.2 Å². The van der Waals surface area contributed by atoms with E-state index in [0.717, 1.165) is 11.8 Å². The van der Waals surface area contributed by atoms with Gasteiger partial charge in [0.15, 0.2) is 15.0 Å². The Labute approximate surface area is 89.7 Å². The van der Waals surface area contributed by atoms with Gasteiger partial charge in [-0.1, -0.05) is 34.4 Å². The highest BCUT2D eigenvalue weighted by molar-refractivity contribution is 14.1. The predicted octanol–water partition coefficient (Wildman–Crippen LogP) is 0.867. The van der Waals surface area contributed by atoms with Crippen molar-refractivity contribution in [3.8, 4) is 0 Å². The van der Waals surface area contributed by atoms with Crippen molar-refractivity contribution in [2.24, 2.45) is 0 Å². The van der Waals surface area contributed by atoms with E-state index in [1.54, 1.807) is 0 Å². The highest BCUT2D eigenvalue weighted by atomic mass is 127. The Morgan fingerprint density at radius 3 is 2.42 bits per heavy atom. The number of sulfone groups is 1. The number of thioether (sulfide) groups is 1. The molecule has 6 heteroatoms. The summed E-state index contributed by atoms with van der Waals surface area (Å²) in [5.41, 5.74) is 0. The van der Waals surface area contributed by atoms with Gasteiger partial charge in [-0.05, 0) is 0 Å². The summed E-state index contributed by atoms with van der Waals surface area (Å²) in [5.74, 6) is 0.378. The summed E-state index contributed by atoms with van der Waals surface area (Å²) >= 11 is 3.25.